The molecule has 0 bridgehead atoms. The molecule has 0 radical (unpaired) electrons. The van der Waals surface area contributed by atoms with Crippen LogP contribution in [0.15, 0.2) is 54.6 Å². The summed E-state index contributed by atoms with van der Waals surface area (Å²) in [5.41, 5.74) is 2.07. The Morgan fingerprint density at radius 1 is 0.960 bits per heavy atom. The number of carbonyl (C=O) groups excluding carboxylic acids is 1. The van der Waals surface area contributed by atoms with Gasteiger partial charge in [0.2, 0.25) is 0 Å². The van der Waals surface area contributed by atoms with Crippen LogP contribution in [0.25, 0.3) is 0 Å². The van der Waals surface area contributed by atoms with Crippen molar-refractivity contribution in [3.8, 4) is 0 Å². The second kappa shape index (κ2) is 8.91. The Labute approximate surface area is 149 Å². The van der Waals surface area contributed by atoms with E-state index in [9.17, 15) is 9.18 Å². The highest BCUT2D eigenvalue weighted by atomic mass is 19.1. The summed E-state index contributed by atoms with van der Waals surface area (Å²) in [7, 11) is 0. The minimum absolute atomic E-state index is 0.0922. The third kappa shape index (κ3) is 5.23. The summed E-state index contributed by atoms with van der Waals surface area (Å²) in [5.74, 6) is 0.484. The molecule has 25 heavy (non-hydrogen) atoms. The quantitative estimate of drug-likeness (QED) is 0.561. The van der Waals surface area contributed by atoms with Gasteiger partial charge in [-0.1, -0.05) is 30.3 Å². The lowest BCUT2D eigenvalue weighted by Gasteiger charge is -2.29. The van der Waals surface area contributed by atoms with Crippen LogP contribution >= 0.6 is 0 Å². The Bertz CT molecular complexity index is 660. The monoisotopic (exact) mass is 339 g/mol. The Balaban J connectivity index is 1.34. The van der Waals surface area contributed by atoms with Gasteiger partial charge >= 0.3 is 0 Å². The predicted molar refractivity (Wildman–Crippen MR) is 99.4 cm³/mol. The maximum atomic E-state index is 12.9. The summed E-state index contributed by atoms with van der Waals surface area (Å²) in [6.07, 6.45) is 6.20. The summed E-state index contributed by atoms with van der Waals surface area (Å²) in [6.45, 7) is 0.869. The van der Waals surface area contributed by atoms with Crippen molar-refractivity contribution in [1.29, 1.82) is 0 Å². The van der Waals surface area contributed by atoms with E-state index in [0.29, 0.717) is 23.9 Å². The fraction of sp³-hybridized carbons (Fsp3) is 0.409. The molecule has 0 saturated heterocycles. The average Bonchev–Trinajstić information content (AvgIpc) is 2.67. The number of nitrogens with one attached hydrogen (secondary N) is 1. The number of hydrogen-bond acceptors (Lipinski definition) is 2. The number of carbonyl (C=O) groups is 1. The summed E-state index contributed by atoms with van der Waals surface area (Å²) < 4.78 is 12.9. The highest BCUT2D eigenvalue weighted by Gasteiger charge is 2.21. The number of ketones is 1. The molecule has 3 heteroatoms. The summed E-state index contributed by atoms with van der Waals surface area (Å²) >= 11 is 0. The molecule has 0 amide bonds. The van der Waals surface area contributed by atoms with Gasteiger partial charge in [0.05, 0.1) is 0 Å². The number of Topliss-reactive ketones (excluding diaryl/α,β-unsaturated/α-hetero) is 1. The first-order valence-corrected chi connectivity index (χ1v) is 9.29. The van der Waals surface area contributed by atoms with Crippen LogP contribution in [0, 0.1) is 5.82 Å². The SMILES string of the molecule is O=C(CCCNC1CCC(c2ccccc2)CC1)c1ccc(F)cc1. The normalized spacial score (nSPS) is 20.4. The Kier molecular flexibility index (Phi) is 6.35. The van der Waals surface area contributed by atoms with Gasteiger partial charge in [-0.05, 0) is 74.4 Å². The van der Waals surface area contributed by atoms with E-state index >= 15 is 0 Å². The van der Waals surface area contributed by atoms with Gasteiger partial charge < -0.3 is 5.32 Å². The third-order valence-corrected chi connectivity index (χ3v) is 5.18. The molecule has 0 aromatic heterocycles. The first kappa shape index (κ1) is 17.8. The van der Waals surface area contributed by atoms with Crippen LogP contribution in [-0.2, 0) is 0 Å². The molecule has 132 valence electrons. The van der Waals surface area contributed by atoms with Crippen LogP contribution in [-0.4, -0.2) is 18.4 Å². The number of hydrogen-bond donors (Lipinski definition) is 1. The van der Waals surface area contributed by atoms with Crippen molar-refractivity contribution in [2.45, 2.75) is 50.5 Å². The second-order valence-corrected chi connectivity index (χ2v) is 6.95. The van der Waals surface area contributed by atoms with Crippen molar-refractivity contribution in [1.82, 2.24) is 5.32 Å². The molecule has 1 aliphatic carbocycles. The topological polar surface area (TPSA) is 29.1 Å². The van der Waals surface area contributed by atoms with Gasteiger partial charge in [-0.3, -0.25) is 4.79 Å². The minimum atomic E-state index is -0.302. The van der Waals surface area contributed by atoms with E-state index in [2.05, 4.69) is 35.6 Å². The molecule has 0 atom stereocenters. The van der Waals surface area contributed by atoms with Crippen LogP contribution in [0.1, 0.15) is 60.4 Å². The molecule has 0 spiro atoms. The smallest absolute Gasteiger partial charge is 0.162 e. The van der Waals surface area contributed by atoms with E-state index in [0.717, 1.165) is 13.0 Å². The van der Waals surface area contributed by atoms with Crippen LogP contribution < -0.4 is 5.32 Å². The van der Waals surface area contributed by atoms with Gasteiger partial charge in [0.15, 0.2) is 5.78 Å². The van der Waals surface area contributed by atoms with Gasteiger partial charge in [0.1, 0.15) is 5.82 Å². The summed E-state index contributed by atoms with van der Waals surface area (Å²) in [5, 5.41) is 3.60. The highest BCUT2D eigenvalue weighted by molar-refractivity contribution is 5.95. The third-order valence-electron chi connectivity index (χ3n) is 5.18. The van der Waals surface area contributed by atoms with Crippen LogP contribution in [0.4, 0.5) is 4.39 Å². The molecule has 2 aromatic rings. The molecule has 2 aromatic carbocycles. The van der Waals surface area contributed by atoms with Crippen molar-refractivity contribution in [2.75, 3.05) is 6.54 Å². The zero-order valence-electron chi connectivity index (χ0n) is 14.6. The summed E-state index contributed by atoms with van der Waals surface area (Å²) in [6, 6.07) is 17.2. The van der Waals surface area contributed by atoms with Gasteiger partial charge in [0, 0.05) is 18.0 Å². The van der Waals surface area contributed by atoms with Gasteiger partial charge in [-0.2, -0.15) is 0 Å². The van der Waals surface area contributed by atoms with E-state index in [1.54, 1.807) is 12.1 Å². The summed E-state index contributed by atoms with van der Waals surface area (Å²) in [4.78, 5) is 12.1. The standard InChI is InChI=1S/C22H26FNO/c23-20-12-8-19(9-13-20)22(25)7-4-16-24-21-14-10-18(11-15-21)17-5-2-1-3-6-17/h1-3,5-6,8-9,12-13,18,21,24H,4,7,10-11,14-16H2. The van der Waals surface area contributed by atoms with Crippen LogP contribution in [0.3, 0.4) is 0 Å². The van der Waals surface area contributed by atoms with Crippen molar-refractivity contribution < 1.29 is 9.18 Å². The fourth-order valence-corrected chi connectivity index (χ4v) is 3.69. The van der Waals surface area contributed by atoms with Crippen molar-refractivity contribution in [3.63, 3.8) is 0 Å². The van der Waals surface area contributed by atoms with E-state index in [1.807, 2.05) is 0 Å². The average molecular weight is 339 g/mol. The van der Waals surface area contributed by atoms with E-state index in [1.165, 1.54) is 43.4 Å². The predicted octanol–water partition coefficient (Wildman–Crippen LogP) is 5.10. The van der Waals surface area contributed by atoms with E-state index in [-0.39, 0.29) is 11.6 Å². The molecule has 1 aliphatic rings. The number of rotatable bonds is 7. The molecule has 1 N–H and O–H groups in total. The minimum Gasteiger partial charge on any atom is -0.314 e. The van der Waals surface area contributed by atoms with Gasteiger partial charge in [-0.15, -0.1) is 0 Å². The fourth-order valence-electron chi connectivity index (χ4n) is 3.69. The first-order chi connectivity index (χ1) is 12.2. The second-order valence-electron chi connectivity index (χ2n) is 6.95. The van der Waals surface area contributed by atoms with Gasteiger partial charge in [-0.25, -0.2) is 4.39 Å². The molecule has 3 rings (SSSR count). The Morgan fingerprint density at radius 2 is 1.64 bits per heavy atom. The van der Waals surface area contributed by atoms with E-state index in [4.69, 9.17) is 0 Å². The Morgan fingerprint density at radius 3 is 2.32 bits per heavy atom. The number of benzene rings is 2. The maximum Gasteiger partial charge on any atom is 0.162 e. The van der Waals surface area contributed by atoms with Crippen molar-refractivity contribution in [2.24, 2.45) is 0 Å². The van der Waals surface area contributed by atoms with Crippen LogP contribution in [0.5, 0.6) is 0 Å². The lowest BCUT2D eigenvalue weighted by Crippen LogP contribution is -2.33. The molecule has 0 aliphatic heterocycles. The molecular weight excluding hydrogens is 313 g/mol. The Hall–Kier alpha value is -2.00. The molecule has 1 fully saturated rings. The molecular formula is C22H26FNO. The van der Waals surface area contributed by atoms with Gasteiger partial charge in [0.25, 0.3) is 0 Å². The van der Waals surface area contributed by atoms with E-state index < -0.39 is 0 Å². The van der Waals surface area contributed by atoms with Crippen molar-refractivity contribution >= 4 is 5.78 Å². The zero-order valence-corrected chi connectivity index (χ0v) is 14.6. The zero-order chi connectivity index (χ0) is 17.5. The largest absolute Gasteiger partial charge is 0.314 e. The maximum absolute atomic E-state index is 12.9. The molecule has 0 heterocycles. The first-order valence-electron chi connectivity index (χ1n) is 9.29. The molecule has 0 unspecified atom stereocenters. The molecule has 1 saturated carbocycles. The number of halogens is 1. The van der Waals surface area contributed by atoms with Crippen LogP contribution in [0.2, 0.25) is 0 Å². The molecule has 2 nitrogen and oxygen atoms in total. The lowest BCUT2D eigenvalue weighted by molar-refractivity contribution is 0.0979. The lowest BCUT2D eigenvalue weighted by atomic mass is 9.82. The highest BCUT2D eigenvalue weighted by Crippen LogP contribution is 2.32. The van der Waals surface area contributed by atoms with Crippen molar-refractivity contribution in [3.05, 3.63) is 71.5 Å².